The Kier molecular flexibility index (Phi) is 8.34. The molecular formula is C26H33F2N5O2. The van der Waals surface area contributed by atoms with Crippen LogP contribution in [0.3, 0.4) is 0 Å². The van der Waals surface area contributed by atoms with Crippen molar-refractivity contribution in [2.45, 2.75) is 52.8 Å². The number of aromatic nitrogens is 3. The van der Waals surface area contributed by atoms with Gasteiger partial charge in [-0.15, -0.1) is 0 Å². The van der Waals surface area contributed by atoms with Gasteiger partial charge in [-0.1, -0.05) is 51.1 Å². The average Bonchev–Trinajstić information content (AvgIpc) is 3.19. The molecule has 1 heterocycles. The number of carbonyl (C=O) groups is 1. The molecule has 3 aromatic rings. The number of halogens is 2. The standard InChI is InChI=1S/C26H33F2N5O2/c1-17(34)25(35)32(14-8-13-29)22(26(2,3)4)24-30-23(20-15-19(27)11-12-21(20)28)31-33(24)16-18-9-6-5-7-10-18/h5-7,9-12,15,17,22,34H,8,13-14,16,29H2,1-4H3/t17-,22?/m0/s1. The number of hydrogen-bond donors (Lipinski definition) is 2. The number of carbonyl (C=O) groups excluding carboxylic acids is 1. The van der Waals surface area contributed by atoms with Crippen molar-refractivity contribution in [3.05, 3.63) is 71.6 Å². The minimum absolute atomic E-state index is 0.0189. The third kappa shape index (κ3) is 6.29. The average molecular weight is 486 g/mol. The third-order valence-corrected chi connectivity index (χ3v) is 5.66. The van der Waals surface area contributed by atoms with E-state index in [1.54, 1.807) is 9.58 Å². The Morgan fingerprint density at radius 2 is 1.86 bits per heavy atom. The first kappa shape index (κ1) is 26.4. The van der Waals surface area contributed by atoms with Crippen molar-refractivity contribution in [3.8, 4) is 11.4 Å². The molecule has 0 saturated heterocycles. The van der Waals surface area contributed by atoms with Crippen LogP contribution in [0.25, 0.3) is 11.4 Å². The monoisotopic (exact) mass is 485 g/mol. The Morgan fingerprint density at radius 3 is 2.46 bits per heavy atom. The Hall–Kier alpha value is -3.17. The molecule has 0 fully saturated rings. The Balaban J connectivity index is 2.22. The van der Waals surface area contributed by atoms with Gasteiger partial charge < -0.3 is 15.7 Å². The summed E-state index contributed by atoms with van der Waals surface area (Å²) in [6.45, 7) is 8.23. The molecule has 0 saturated carbocycles. The zero-order valence-electron chi connectivity index (χ0n) is 20.6. The van der Waals surface area contributed by atoms with Crippen LogP contribution in [0.2, 0.25) is 0 Å². The van der Waals surface area contributed by atoms with Gasteiger partial charge in [-0.2, -0.15) is 5.10 Å². The van der Waals surface area contributed by atoms with Gasteiger partial charge in [0.25, 0.3) is 5.91 Å². The molecule has 3 N–H and O–H groups in total. The van der Waals surface area contributed by atoms with Gasteiger partial charge in [0.15, 0.2) is 11.6 Å². The first-order valence-corrected chi connectivity index (χ1v) is 11.7. The lowest BCUT2D eigenvalue weighted by Gasteiger charge is -2.40. The smallest absolute Gasteiger partial charge is 0.251 e. The molecule has 1 unspecified atom stereocenters. The summed E-state index contributed by atoms with van der Waals surface area (Å²) in [7, 11) is 0. The molecule has 1 aromatic heterocycles. The van der Waals surface area contributed by atoms with Crippen molar-refractivity contribution in [1.82, 2.24) is 19.7 Å². The van der Waals surface area contributed by atoms with Gasteiger partial charge in [0, 0.05) is 6.54 Å². The zero-order valence-corrected chi connectivity index (χ0v) is 20.6. The molecule has 2 atom stereocenters. The van der Waals surface area contributed by atoms with E-state index < -0.39 is 35.1 Å². The summed E-state index contributed by atoms with van der Waals surface area (Å²) < 4.78 is 30.2. The van der Waals surface area contributed by atoms with E-state index in [9.17, 15) is 18.7 Å². The second kappa shape index (κ2) is 11.0. The van der Waals surface area contributed by atoms with Crippen LogP contribution in [0.15, 0.2) is 48.5 Å². The molecular weight excluding hydrogens is 452 g/mol. The normalized spacial score (nSPS) is 13.5. The molecule has 0 spiro atoms. The van der Waals surface area contributed by atoms with Gasteiger partial charge in [-0.25, -0.2) is 18.4 Å². The van der Waals surface area contributed by atoms with Crippen molar-refractivity contribution in [3.63, 3.8) is 0 Å². The van der Waals surface area contributed by atoms with Crippen molar-refractivity contribution in [1.29, 1.82) is 0 Å². The van der Waals surface area contributed by atoms with E-state index in [-0.39, 0.29) is 11.4 Å². The summed E-state index contributed by atoms with van der Waals surface area (Å²) in [6.07, 6.45) is -0.716. The first-order chi connectivity index (χ1) is 16.5. The van der Waals surface area contributed by atoms with Gasteiger partial charge in [0.2, 0.25) is 0 Å². The largest absolute Gasteiger partial charge is 0.384 e. The number of nitrogens with zero attached hydrogens (tertiary/aromatic N) is 4. The maximum Gasteiger partial charge on any atom is 0.251 e. The predicted octanol–water partition coefficient (Wildman–Crippen LogP) is 3.92. The van der Waals surface area contributed by atoms with Gasteiger partial charge in [0.1, 0.15) is 17.7 Å². The third-order valence-electron chi connectivity index (χ3n) is 5.66. The Morgan fingerprint density at radius 1 is 1.17 bits per heavy atom. The summed E-state index contributed by atoms with van der Waals surface area (Å²) >= 11 is 0. The van der Waals surface area contributed by atoms with Crippen molar-refractivity contribution in [2.75, 3.05) is 13.1 Å². The molecule has 0 aliphatic carbocycles. The zero-order chi connectivity index (χ0) is 25.8. The van der Waals surface area contributed by atoms with Gasteiger partial charge in [-0.05, 0) is 49.1 Å². The number of aliphatic hydroxyl groups is 1. The van der Waals surface area contributed by atoms with E-state index in [0.29, 0.717) is 31.9 Å². The number of amides is 1. The van der Waals surface area contributed by atoms with Gasteiger partial charge in [0.05, 0.1) is 18.2 Å². The summed E-state index contributed by atoms with van der Waals surface area (Å²) in [5.41, 5.74) is 6.05. The Labute approximate surface area is 204 Å². The molecule has 3 rings (SSSR count). The van der Waals surface area contributed by atoms with E-state index >= 15 is 0 Å². The van der Waals surface area contributed by atoms with E-state index in [2.05, 4.69) is 10.1 Å². The summed E-state index contributed by atoms with van der Waals surface area (Å²) in [6, 6.07) is 12.0. The van der Waals surface area contributed by atoms with Gasteiger partial charge >= 0.3 is 0 Å². The number of nitrogens with two attached hydrogens (primary N) is 1. The molecule has 188 valence electrons. The van der Waals surface area contributed by atoms with Crippen LogP contribution >= 0.6 is 0 Å². The Bertz CT molecular complexity index is 1140. The molecule has 0 aliphatic heterocycles. The van der Waals surface area contributed by atoms with E-state index in [0.717, 1.165) is 23.8 Å². The van der Waals surface area contributed by atoms with Crippen molar-refractivity contribution >= 4 is 5.91 Å². The second-order valence-electron chi connectivity index (χ2n) is 9.68. The summed E-state index contributed by atoms with van der Waals surface area (Å²) in [5.74, 6) is -1.30. The molecule has 0 radical (unpaired) electrons. The number of benzene rings is 2. The predicted molar refractivity (Wildman–Crippen MR) is 130 cm³/mol. The topological polar surface area (TPSA) is 97.3 Å². The molecule has 7 nitrogen and oxygen atoms in total. The highest BCUT2D eigenvalue weighted by molar-refractivity contribution is 5.80. The van der Waals surface area contributed by atoms with Crippen LogP contribution in [0, 0.1) is 17.0 Å². The molecule has 2 aromatic carbocycles. The lowest BCUT2D eigenvalue weighted by molar-refractivity contribution is -0.145. The van der Waals surface area contributed by atoms with E-state index in [1.807, 2.05) is 51.1 Å². The molecule has 0 aliphatic rings. The fourth-order valence-corrected chi connectivity index (χ4v) is 4.07. The summed E-state index contributed by atoms with van der Waals surface area (Å²) in [4.78, 5) is 19.3. The lowest BCUT2D eigenvalue weighted by atomic mass is 9.84. The number of hydrogen-bond acceptors (Lipinski definition) is 5. The minimum atomic E-state index is -1.23. The quantitative estimate of drug-likeness (QED) is 0.479. The fourth-order valence-electron chi connectivity index (χ4n) is 4.07. The fraction of sp³-hybridized carbons (Fsp3) is 0.423. The van der Waals surface area contributed by atoms with E-state index in [4.69, 9.17) is 5.73 Å². The number of aliphatic hydroxyl groups excluding tert-OH is 1. The van der Waals surface area contributed by atoms with Crippen LogP contribution in [-0.2, 0) is 11.3 Å². The second-order valence-corrected chi connectivity index (χ2v) is 9.68. The van der Waals surface area contributed by atoms with Crippen molar-refractivity contribution in [2.24, 2.45) is 11.1 Å². The highest BCUT2D eigenvalue weighted by Gasteiger charge is 2.39. The maximum atomic E-state index is 14.7. The van der Waals surface area contributed by atoms with Crippen LogP contribution in [-0.4, -0.2) is 49.9 Å². The minimum Gasteiger partial charge on any atom is -0.384 e. The van der Waals surface area contributed by atoms with Crippen molar-refractivity contribution < 1.29 is 18.7 Å². The van der Waals surface area contributed by atoms with Gasteiger partial charge in [-0.3, -0.25) is 4.79 Å². The molecule has 1 amide bonds. The summed E-state index contributed by atoms with van der Waals surface area (Å²) in [5, 5.41) is 14.7. The lowest BCUT2D eigenvalue weighted by Crippen LogP contribution is -2.47. The molecule has 35 heavy (non-hydrogen) atoms. The van der Waals surface area contributed by atoms with Crippen LogP contribution in [0.4, 0.5) is 8.78 Å². The SMILES string of the molecule is C[C@H](O)C(=O)N(CCCN)C(c1nc(-c2cc(F)ccc2F)nn1Cc1ccccc1)C(C)(C)C. The highest BCUT2D eigenvalue weighted by Crippen LogP contribution is 2.39. The molecule has 9 heteroatoms. The highest BCUT2D eigenvalue weighted by atomic mass is 19.1. The van der Waals surface area contributed by atoms with Crippen LogP contribution in [0.5, 0.6) is 0 Å². The first-order valence-electron chi connectivity index (χ1n) is 11.7. The maximum absolute atomic E-state index is 14.7. The van der Waals surface area contributed by atoms with Crippen LogP contribution < -0.4 is 5.73 Å². The number of rotatable bonds is 9. The van der Waals surface area contributed by atoms with Crippen LogP contribution in [0.1, 0.15) is 51.5 Å². The molecule has 0 bridgehead atoms. The van der Waals surface area contributed by atoms with E-state index in [1.165, 1.54) is 6.92 Å².